The summed E-state index contributed by atoms with van der Waals surface area (Å²) in [5.41, 5.74) is -1.84. The van der Waals surface area contributed by atoms with Crippen molar-refractivity contribution in [2.24, 2.45) is 41.4 Å². The number of aliphatic hydroxyl groups excluding tert-OH is 1. The highest BCUT2D eigenvalue weighted by molar-refractivity contribution is 5.91. The molecule has 0 spiro atoms. The molecule has 0 radical (unpaired) electrons. The van der Waals surface area contributed by atoms with Crippen LogP contribution in [-0.2, 0) is 66.5 Å². The minimum absolute atomic E-state index is 0.00694. The fourth-order valence-electron chi connectivity index (χ4n) is 12.2. The lowest BCUT2D eigenvalue weighted by Crippen LogP contribution is -2.56. The minimum Gasteiger partial charge on any atom is -0.461 e. The molecule has 0 aliphatic carbocycles. The molecule has 1 N–H and O–H groups in total. The molecule has 0 saturated carbocycles. The van der Waals surface area contributed by atoms with Crippen molar-refractivity contribution in [2.45, 2.75) is 240 Å². The lowest BCUT2D eigenvalue weighted by molar-refractivity contribution is -0.252. The Morgan fingerprint density at radius 3 is 2.04 bits per heavy atom. The van der Waals surface area contributed by atoms with E-state index in [4.69, 9.17) is 47.4 Å². The Morgan fingerprint density at radius 1 is 0.781 bits per heavy atom. The summed E-state index contributed by atoms with van der Waals surface area (Å²) in [6, 6.07) is 0. The van der Waals surface area contributed by atoms with Gasteiger partial charge < -0.3 is 62.3 Å². The smallest absolute Gasteiger partial charge is 0.410 e. The highest BCUT2D eigenvalue weighted by Crippen LogP contribution is 2.41. The van der Waals surface area contributed by atoms with Gasteiger partial charge >= 0.3 is 18.0 Å². The minimum atomic E-state index is -1.84. The molecule has 18 heteroatoms. The molecular formula is C55H94N2O16. The molecule has 18 nitrogen and oxygen atoms in total. The molecule has 73 heavy (non-hydrogen) atoms. The van der Waals surface area contributed by atoms with Crippen LogP contribution in [0.25, 0.3) is 0 Å². The third kappa shape index (κ3) is 16.6. The molecule has 1 amide bonds. The van der Waals surface area contributed by atoms with Gasteiger partial charge in [0.25, 0.3) is 0 Å². The zero-order chi connectivity index (χ0) is 54.2. The number of ether oxygens (including phenoxy) is 10. The summed E-state index contributed by atoms with van der Waals surface area (Å²) in [4.78, 5) is 76.3. The van der Waals surface area contributed by atoms with Crippen LogP contribution < -0.4 is 0 Å². The number of hydrogen-bond acceptors (Lipinski definition) is 17. The Morgan fingerprint density at radius 2 is 1.41 bits per heavy atom. The first-order valence-corrected chi connectivity index (χ1v) is 27.5. The lowest BCUT2D eigenvalue weighted by Gasteiger charge is -2.45. The van der Waals surface area contributed by atoms with Crippen molar-refractivity contribution in [3.05, 3.63) is 0 Å². The Balaban J connectivity index is 1.66. The number of cyclic esters (lactones) is 1. The number of likely N-dealkylation sites (N-methyl/N-ethyl adjacent to an activating group) is 1. The number of carbonyl (C=O) groups is 5. The van der Waals surface area contributed by atoms with Crippen LogP contribution >= 0.6 is 0 Å². The molecule has 5 heterocycles. The van der Waals surface area contributed by atoms with E-state index in [2.05, 4.69) is 4.90 Å². The van der Waals surface area contributed by atoms with Crippen molar-refractivity contribution in [2.75, 3.05) is 40.3 Å². The van der Waals surface area contributed by atoms with Gasteiger partial charge in [0.1, 0.15) is 24.1 Å². The fourth-order valence-corrected chi connectivity index (χ4v) is 12.2. The Labute approximate surface area is 436 Å². The zero-order valence-electron chi connectivity index (χ0n) is 47.1. The third-order valence-electron chi connectivity index (χ3n) is 15.9. The predicted molar refractivity (Wildman–Crippen MR) is 270 cm³/mol. The number of Topliss-reactive ketones (excluding diaryl/α,β-unsaturated/α-hetero) is 2. The first-order valence-electron chi connectivity index (χ1n) is 27.5. The van der Waals surface area contributed by atoms with Crippen LogP contribution in [0.3, 0.4) is 0 Å². The molecule has 5 aliphatic heterocycles. The number of rotatable bonds is 13. The van der Waals surface area contributed by atoms with Crippen LogP contribution in [-0.4, -0.2) is 176 Å². The molecule has 5 fully saturated rings. The molecule has 5 saturated heterocycles. The van der Waals surface area contributed by atoms with E-state index >= 15 is 9.59 Å². The SMILES string of the molecule is CO[C@H]1C[C@H](CC[C@H](C)[C@H]2OC(=O)[C@H](C)[C@@H](O[C@H]3CCN(C)C[C@H](C)O3)[C@H](C)[C@@H](O[C@H]3CC(=O)C[C@@H](C)O3)[C@@H](C)C[C@](C)(OC(=O)N3C[C@@H](C)O[C@@H](C)C3)C(=O)[C@H](C)[C@H](OC(=O)CC(C)C)[C@H]2C)O[C@H](C)[C@H]1O. The van der Waals surface area contributed by atoms with Crippen molar-refractivity contribution in [3.63, 3.8) is 0 Å². The summed E-state index contributed by atoms with van der Waals surface area (Å²) in [6.45, 7) is 27.7. The summed E-state index contributed by atoms with van der Waals surface area (Å²) in [5, 5.41) is 10.7. The van der Waals surface area contributed by atoms with Crippen LogP contribution in [0.1, 0.15) is 148 Å². The number of esters is 2. The normalized spacial score (nSPS) is 41.6. The van der Waals surface area contributed by atoms with E-state index in [-0.39, 0.29) is 80.8 Å². The molecule has 0 bridgehead atoms. The topological polar surface area (TPSA) is 204 Å². The van der Waals surface area contributed by atoms with Crippen molar-refractivity contribution in [1.29, 1.82) is 0 Å². The second-order valence-corrected chi connectivity index (χ2v) is 23.5. The number of ketones is 2. The van der Waals surface area contributed by atoms with Crippen LogP contribution in [0.5, 0.6) is 0 Å². The fraction of sp³-hybridized carbons (Fsp3) is 0.909. The highest BCUT2D eigenvalue weighted by atomic mass is 16.7. The third-order valence-corrected chi connectivity index (χ3v) is 15.9. The summed E-state index contributed by atoms with van der Waals surface area (Å²) < 4.78 is 64.3. The van der Waals surface area contributed by atoms with Crippen LogP contribution in [0, 0.1) is 41.4 Å². The molecule has 0 aromatic carbocycles. The maximum atomic E-state index is 15.8. The van der Waals surface area contributed by atoms with Gasteiger partial charge in [-0.2, -0.15) is 0 Å². The molecule has 21 atom stereocenters. The van der Waals surface area contributed by atoms with Crippen molar-refractivity contribution >= 4 is 29.6 Å². The van der Waals surface area contributed by atoms with Gasteiger partial charge in [-0.3, -0.25) is 19.2 Å². The van der Waals surface area contributed by atoms with E-state index in [9.17, 15) is 19.5 Å². The van der Waals surface area contributed by atoms with Gasteiger partial charge in [0, 0.05) is 57.7 Å². The van der Waals surface area contributed by atoms with E-state index in [0.717, 1.165) is 0 Å². The number of morpholine rings is 1. The Bertz CT molecular complexity index is 1810. The average molecular weight is 1040 g/mol. The van der Waals surface area contributed by atoms with Gasteiger partial charge in [-0.15, -0.1) is 0 Å². The summed E-state index contributed by atoms with van der Waals surface area (Å²) in [6.07, 6.45) is -7.11. The number of carbonyl (C=O) groups excluding carboxylic acids is 5. The Hall–Kier alpha value is -2.81. The number of amides is 1. The Kier molecular flexibility index (Phi) is 22.6. The molecule has 0 unspecified atom stereocenters. The van der Waals surface area contributed by atoms with E-state index < -0.39 is 120 Å². The number of nitrogens with zero attached hydrogens (tertiary/aromatic N) is 2. The molecule has 5 aliphatic rings. The molecule has 5 rings (SSSR count). The van der Waals surface area contributed by atoms with E-state index in [1.54, 1.807) is 32.8 Å². The summed E-state index contributed by atoms with van der Waals surface area (Å²) in [7, 11) is 3.59. The number of aliphatic hydroxyl groups is 1. The van der Waals surface area contributed by atoms with E-state index in [1.807, 2.05) is 83.2 Å². The van der Waals surface area contributed by atoms with Crippen molar-refractivity contribution < 1.29 is 76.4 Å². The average Bonchev–Trinajstić information content (AvgIpc) is 3.46. The summed E-state index contributed by atoms with van der Waals surface area (Å²) in [5.74, 6) is -6.09. The van der Waals surface area contributed by atoms with Gasteiger partial charge in [-0.05, 0) is 92.5 Å². The van der Waals surface area contributed by atoms with Crippen molar-refractivity contribution in [3.8, 4) is 0 Å². The maximum absolute atomic E-state index is 15.8. The monoisotopic (exact) mass is 1040 g/mol. The molecule has 0 aromatic heterocycles. The van der Waals surface area contributed by atoms with Gasteiger partial charge in [0.2, 0.25) is 0 Å². The first kappa shape index (κ1) is 61.0. The van der Waals surface area contributed by atoms with Crippen LogP contribution in [0.4, 0.5) is 4.79 Å². The maximum Gasteiger partial charge on any atom is 0.410 e. The predicted octanol–water partition coefficient (Wildman–Crippen LogP) is 6.91. The quantitative estimate of drug-likeness (QED) is 0.147. The van der Waals surface area contributed by atoms with Gasteiger partial charge in [0.05, 0.1) is 86.3 Å². The highest BCUT2D eigenvalue weighted by Gasteiger charge is 2.52. The van der Waals surface area contributed by atoms with Crippen LogP contribution in [0.2, 0.25) is 0 Å². The molecular weight excluding hydrogens is 945 g/mol. The largest absolute Gasteiger partial charge is 0.461 e. The molecule has 420 valence electrons. The van der Waals surface area contributed by atoms with Gasteiger partial charge in [-0.1, -0.05) is 48.5 Å². The van der Waals surface area contributed by atoms with Gasteiger partial charge in [-0.25, -0.2) is 4.79 Å². The number of hydrogen-bond donors (Lipinski definition) is 1. The van der Waals surface area contributed by atoms with Gasteiger partial charge in [0.15, 0.2) is 24.0 Å². The standard InChI is InChI=1S/C55H94N2O16/c1-29(2)21-44(59)69-50-36(9)48(30(3)17-18-42-24-43(64-16)47(60)40(13)68-42)72-53(62)39(12)51(70-45-19-20-56(15)26-33(6)67-45)37(10)49(71-46-23-41(58)22-32(5)66-46)31(4)25-55(14,52(61)38(50)11)73-54(63)57-27-34(7)65-35(8)28-57/h29-40,42-43,45-51,60H,17-28H2,1-16H3/t30-,31-,32+,33-,34-,35+,36-,37+,38+,39+,40+,42-,43-,45-,46-,47+,48+,49-,50+,51-,55-/m0/s1. The second kappa shape index (κ2) is 27.0. The number of methoxy groups -OCH3 is 1. The van der Waals surface area contributed by atoms with E-state index in [1.165, 1.54) is 0 Å². The molecule has 0 aromatic rings. The van der Waals surface area contributed by atoms with Crippen LogP contribution in [0.15, 0.2) is 0 Å². The van der Waals surface area contributed by atoms with E-state index in [0.29, 0.717) is 38.8 Å². The second-order valence-electron chi connectivity index (χ2n) is 23.5. The lowest BCUT2D eigenvalue weighted by atomic mass is 9.73. The zero-order valence-corrected chi connectivity index (χ0v) is 47.1. The van der Waals surface area contributed by atoms with Crippen molar-refractivity contribution in [1.82, 2.24) is 9.80 Å². The first-order chi connectivity index (χ1) is 34.2. The summed E-state index contributed by atoms with van der Waals surface area (Å²) >= 11 is 0.